The second-order valence-corrected chi connectivity index (χ2v) is 13.0. The van der Waals surface area contributed by atoms with Gasteiger partial charge in [0, 0.05) is 16.2 Å². The molecule has 41 heavy (non-hydrogen) atoms. The standard InChI is InChI=1S/C32H34BrN3O5/c1-18(2)14-23(17-37)36-28(30(39)35-22-13-12-19-8-6-7-9-20(19)15-22)32-16-24(33)27(41-32)25(26(32)31(36)40)29(38)34-21-10-4-3-5-11-21/h3-13,15,18,23-28,37H,14,16-17H2,1-2H3,(H,34,38)(H,35,39)/t23-,24?,25-,26+,27-,28?,32?/m1/s1. The highest BCUT2D eigenvalue weighted by atomic mass is 79.9. The SMILES string of the molecule is CC(C)C[C@H](CO)N1C(=O)[C@@H]2[C@@H](C(=O)Nc3ccccc3)[C@@H]3OC2(CC3Br)C1C(=O)Nc1ccc2ccccc2c1. The quantitative estimate of drug-likeness (QED) is 0.320. The minimum atomic E-state index is -1.21. The van der Waals surface area contributed by atoms with Crippen molar-refractivity contribution < 1.29 is 24.2 Å². The summed E-state index contributed by atoms with van der Waals surface area (Å²) in [6, 6.07) is 21.0. The maximum atomic E-state index is 14.3. The van der Waals surface area contributed by atoms with Crippen LogP contribution in [0, 0.1) is 17.8 Å². The van der Waals surface area contributed by atoms with Crippen molar-refractivity contribution in [3.8, 4) is 0 Å². The molecule has 3 saturated heterocycles. The predicted molar refractivity (Wildman–Crippen MR) is 161 cm³/mol. The predicted octanol–water partition coefficient (Wildman–Crippen LogP) is 4.57. The molecule has 3 aliphatic heterocycles. The highest BCUT2D eigenvalue weighted by molar-refractivity contribution is 9.09. The molecule has 214 valence electrons. The molecule has 3 aliphatic rings. The van der Waals surface area contributed by atoms with Crippen molar-refractivity contribution in [3.05, 3.63) is 72.8 Å². The van der Waals surface area contributed by atoms with E-state index in [9.17, 15) is 19.5 Å². The zero-order valence-corrected chi connectivity index (χ0v) is 24.6. The van der Waals surface area contributed by atoms with Crippen LogP contribution in [-0.4, -0.2) is 63.0 Å². The lowest BCUT2D eigenvalue weighted by molar-refractivity contribution is -0.143. The van der Waals surface area contributed by atoms with E-state index in [1.54, 1.807) is 12.1 Å². The van der Waals surface area contributed by atoms with Gasteiger partial charge in [-0.15, -0.1) is 0 Å². The van der Waals surface area contributed by atoms with Gasteiger partial charge in [-0.05, 0) is 53.8 Å². The van der Waals surface area contributed by atoms with E-state index in [1.807, 2.05) is 74.5 Å². The van der Waals surface area contributed by atoms with E-state index in [0.717, 1.165) is 10.8 Å². The number of aliphatic hydroxyl groups excluding tert-OH is 1. The minimum Gasteiger partial charge on any atom is -0.394 e. The Bertz CT molecular complexity index is 1480. The van der Waals surface area contributed by atoms with Gasteiger partial charge in [-0.2, -0.15) is 0 Å². The maximum Gasteiger partial charge on any atom is 0.250 e. The summed E-state index contributed by atoms with van der Waals surface area (Å²) in [5, 5.41) is 18.5. The van der Waals surface area contributed by atoms with E-state index >= 15 is 0 Å². The lowest BCUT2D eigenvalue weighted by Crippen LogP contribution is -2.56. The number of ether oxygens (including phenoxy) is 1. The number of halogens is 1. The minimum absolute atomic E-state index is 0.167. The molecule has 3 unspecified atom stereocenters. The van der Waals surface area contributed by atoms with Gasteiger partial charge in [0.1, 0.15) is 11.6 Å². The Morgan fingerprint density at radius 3 is 2.39 bits per heavy atom. The Kier molecular flexibility index (Phi) is 7.38. The van der Waals surface area contributed by atoms with E-state index in [4.69, 9.17) is 4.74 Å². The highest BCUT2D eigenvalue weighted by Gasteiger charge is 2.77. The highest BCUT2D eigenvalue weighted by Crippen LogP contribution is 2.60. The molecule has 7 atom stereocenters. The average Bonchev–Trinajstić information content (AvgIpc) is 3.55. The molecule has 2 bridgehead atoms. The number of amides is 3. The number of benzene rings is 3. The lowest BCUT2D eigenvalue weighted by Gasteiger charge is -2.37. The number of hydrogen-bond acceptors (Lipinski definition) is 5. The van der Waals surface area contributed by atoms with Gasteiger partial charge in [0.25, 0.3) is 0 Å². The van der Waals surface area contributed by atoms with Crippen molar-refractivity contribution in [1.29, 1.82) is 0 Å². The molecule has 3 aromatic rings. The smallest absolute Gasteiger partial charge is 0.250 e. The first kappa shape index (κ1) is 27.9. The van der Waals surface area contributed by atoms with E-state index in [-0.39, 0.29) is 35.1 Å². The van der Waals surface area contributed by atoms with Crippen molar-refractivity contribution in [2.75, 3.05) is 17.2 Å². The number of para-hydroxylation sites is 1. The Labute approximate surface area is 247 Å². The van der Waals surface area contributed by atoms with Crippen molar-refractivity contribution in [1.82, 2.24) is 4.90 Å². The number of fused-ring (bicyclic) bond motifs is 2. The largest absolute Gasteiger partial charge is 0.394 e. The zero-order chi connectivity index (χ0) is 28.9. The number of hydrogen-bond donors (Lipinski definition) is 3. The van der Waals surface area contributed by atoms with Crippen molar-refractivity contribution in [2.24, 2.45) is 17.8 Å². The van der Waals surface area contributed by atoms with Crippen LogP contribution in [0.25, 0.3) is 10.8 Å². The van der Waals surface area contributed by atoms with Crippen LogP contribution in [0.1, 0.15) is 26.7 Å². The third kappa shape index (κ3) is 4.73. The topological polar surface area (TPSA) is 108 Å². The summed E-state index contributed by atoms with van der Waals surface area (Å²) in [5.41, 5.74) is 0.0213. The summed E-state index contributed by atoms with van der Waals surface area (Å²) in [6.07, 6.45) is 0.339. The Morgan fingerprint density at radius 1 is 1.00 bits per heavy atom. The third-order valence-electron chi connectivity index (χ3n) is 8.68. The molecule has 3 amide bonds. The third-order valence-corrected chi connectivity index (χ3v) is 9.53. The molecule has 1 spiro atoms. The molecule has 6 rings (SSSR count). The first-order chi connectivity index (χ1) is 19.7. The monoisotopic (exact) mass is 619 g/mol. The van der Waals surface area contributed by atoms with Gasteiger partial charge < -0.3 is 25.4 Å². The molecule has 9 heteroatoms. The summed E-state index contributed by atoms with van der Waals surface area (Å²) in [7, 11) is 0. The fourth-order valence-electron chi connectivity index (χ4n) is 7.10. The average molecular weight is 621 g/mol. The van der Waals surface area contributed by atoms with Gasteiger partial charge >= 0.3 is 0 Å². The van der Waals surface area contributed by atoms with E-state index in [2.05, 4.69) is 26.6 Å². The number of rotatable bonds is 8. The molecular formula is C32H34BrN3O5. The molecule has 3 N–H and O–H groups in total. The second kappa shape index (κ2) is 10.9. The number of nitrogens with zero attached hydrogens (tertiary/aromatic N) is 1. The molecule has 0 aliphatic carbocycles. The van der Waals surface area contributed by atoms with E-state index in [1.165, 1.54) is 4.90 Å². The van der Waals surface area contributed by atoms with Crippen molar-refractivity contribution in [3.63, 3.8) is 0 Å². The van der Waals surface area contributed by atoms with Crippen LogP contribution in [0.2, 0.25) is 0 Å². The number of likely N-dealkylation sites (tertiary alicyclic amines) is 1. The Balaban J connectivity index is 1.38. The lowest BCUT2D eigenvalue weighted by atomic mass is 9.70. The van der Waals surface area contributed by atoms with Crippen LogP contribution in [0.4, 0.5) is 11.4 Å². The Morgan fingerprint density at radius 2 is 1.68 bits per heavy atom. The van der Waals surface area contributed by atoms with E-state index < -0.39 is 35.6 Å². The normalized spacial score (nSPS) is 29.1. The fourth-order valence-corrected chi connectivity index (χ4v) is 8.05. The van der Waals surface area contributed by atoms with Crippen LogP contribution < -0.4 is 10.6 Å². The van der Waals surface area contributed by atoms with Crippen molar-refractivity contribution >= 4 is 55.8 Å². The van der Waals surface area contributed by atoms with Crippen LogP contribution in [0.3, 0.4) is 0 Å². The summed E-state index contributed by atoms with van der Waals surface area (Å²) in [5.74, 6) is -2.49. The molecule has 0 saturated carbocycles. The van der Waals surface area contributed by atoms with Crippen molar-refractivity contribution in [2.45, 2.75) is 55.3 Å². The molecular weight excluding hydrogens is 586 g/mol. The zero-order valence-electron chi connectivity index (χ0n) is 23.0. The first-order valence-electron chi connectivity index (χ1n) is 14.1. The first-order valence-corrected chi connectivity index (χ1v) is 15.1. The Hall–Kier alpha value is -3.27. The number of aliphatic hydroxyl groups is 1. The second-order valence-electron chi connectivity index (χ2n) is 11.8. The molecule has 3 heterocycles. The maximum absolute atomic E-state index is 14.3. The number of carbonyl (C=O) groups is 3. The molecule has 0 radical (unpaired) electrons. The number of carbonyl (C=O) groups excluding carboxylic acids is 3. The number of alkyl halides is 1. The van der Waals surface area contributed by atoms with Crippen LogP contribution in [0.5, 0.6) is 0 Å². The van der Waals surface area contributed by atoms with Gasteiger partial charge in [-0.3, -0.25) is 14.4 Å². The molecule has 3 fully saturated rings. The molecule has 8 nitrogen and oxygen atoms in total. The van der Waals surface area contributed by atoms with Gasteiger partial charge in [0.05, 0.1) is 30.6 Å². The van der Waals surface area contributed by atoms with Crippen LogP contribution in [-0.2, 0) is 19.1 Å². The van der Waals surface area contributed by atoms with Gasteiger partial charge in [-0.25, -0.2) is 0 Å². The summed E-state index contributed by atoms with van der Waals surface area (Å²) >= 11 is 3.71. The summed E-state index contributed by atoms with van der Waals surface area (Å²) < 4.78 is 6.60. The summed E-state index contributed by atoms with van der Waals surface area (Å²) in [6.45, 7) is 3.73. The van der Waals surface area contributed by atoms with Crippen LogP contribution in [0.15, 0.2) is 72.8 Å². The van der Waals surface area contributed by atoms with Crippen LogP contribution >= 0.6 is 15.9 Å². The summed E-state index contributed by atoms with van der Waals surface area (Å²) in [4.78, 5) is 43.6. The molecule has 3 aromatic carbocycles. The molecule has 0 aromatic heterocycles. The fraction of sp³-hybridized carbons (Fsp3) is 0.406. The van der Waals surface area contributed by atoms with Gasteiger partial charge in [-0.1, -0.05) is 78.3 Å². The van der Waals surface area contributed by atoms with E-state index in [0.29, 0.717) is 24.2 Å². The van der Waals surface area contributed by atoms with Gasteiger partial charge in [0.15, 0.2) is 0 Å². The van der Waals surface area contributed by atoms with Gasteiger partial charge in [0.2, 0.25) is 17.7 Å². The number of anilines is 2. The number of nitrogens with one attached hydrogen (secondary N) is 2.